The number of hydrogen-bond donors (Lipinski definition) is 2. The highest BCUT2D eigenvalue weighted by atomic mass is 16.6. The van der Waals surface area contributed by atoms with Crippen LogP contribution in [0.4, 0.5) is 11.4 Å². The molecule has 0 aliphatic rings. The number of carbonyl (C=O) groups excluding carboxylic acids is 1. The smallest absolute Gasteiger partial charge is 0.293 e. The molecule has 6 heteroatoms. The number of Topliss-reactive ketones (excluding diaryl/α,β-unsaturated/α-hetero) is 1. The summed E-state index contributed by atoms with van der Waals surface area (Å²) in [6.07, 6.45) is 0.531. The Morgan fingerprint density at radius 1 is 1.26 bits per heavy atom. The number of rotatable bonds is 7. The number of nitro benzene ring substituents is 1. The number of aliphatic hydroxyl groups is 1. The van der Waals surface area contributed by atoms with Crippen molar-refractivity contribution in [2.75, 3.05) is 11.9 Å². The van der Waals surface area contributed by atoms with Crippen LogP contribution in [0.2, 0.25) is 0 Å². The van der Waals surface area contributed by atoms with Gasteiger partial charge in [0.2, 0.25) is 0 Å². The van der Waals surface area contributed by atoms with Crippen molar-refractivity contribution in [1.29, 1.82) is 0 Å². The minimum absolute atomic E-state index is 0.166. The standard InChI is InChI=1S/C17H18N2O4/c1-12(21)14-7-8-16(17(10-14)19(22)23)18-15(11-20)9-13-5-3-2-4-6-13/h2-8,10,15,18,20H,9,11H2,1H3. The fourth-order valence-corrected chi connectivity index (χ4v) is 2.30. The van der Waals surface area contributed by atoms with Gasteiger partial charge in [0.05, 0.1) is 17.6 Å². The molecule has 1 atom stereocenters. The second-order valence-electron chi connectivity index (χ2n) is 5.26. The van der Waals surface area contributed by atoms with E-state index in [0.29, 0.717) is 6.42 Å². The maximum absolute atomic E-state index is 11.4. The first-order valence-corrected chi connectivity index (χ1v) is 7.22. The molecule has 0 saturated carbocycles. The molecule has 6 nitrogen and oxygen atoms in total. The second-order valence-corrected chi connectivity index (χ2v) is 5.26. The number of nitrogens with zero attached hydrogens (tertiary/aromatic N) is 1. The Labute approximate surface area is 133 Å². The van der Waals surface area contributed by atoms with Crippen LogP contribution >= 0.6 is 0 Å². The molecular formula is C17H18N2O4. The van der Waals surface area contributed by atoms with E-state index in [1.54, 1.807) is 0 Å². The monoisotopic (exact) mass is 314 g/mol. The van der Waals surface area contributed by atoms with E-state index in [1.807, 2.05) is 30.3 Å². The van der Waals surface area contributed by atoms with Gasteiger partial charge < -0.3 is 10.4 Å². The lowest BCUT2D eigenvalue weighted by atomic mass is 10.1. The Hall–Kier alpha value is -2.73. The zero-order valence-electron chi connectivity index (χ0n) is 12.7. The van der Waals surface area contributed by atoms with E-state index >= 15 is 0 Å². The molecule has 0 fully saturated rings. The lowest BCUT2D eigenvalue weighted by molar-refractivity contribution is -0.384. The van der Waals surface area contributed by atoms with E-state index in [-0.39, 0.29) is 35.4 Å². The van der Waals surface area contributed by atoms with Crippen LogP contribution in [-0.2, 0) is 6.42 Å². The number of aliphatic hydroxyl groups excluding tert-OH is 1. The van der Waals surface area contributed by atoms with Crippen molar-refractivity contribution in [1.82, 2.24) is 0 Å². The fourth-order valence-electron chi connectivity index (χ4n) is 2.30. The van der Waals surface area contributed by atoms with Crippen molar-refractivity contribution in [2.24, 2.45) is 0 Å². The topological polar surface area (TPSA) is 92.5 Å². The van der Waals surface area contributed by atoms with Crippen molar-refractivity contribution in [3.05, 3.63) is 69.8 Å². The van der Waals surface area contributed by atoms with Gasteiger partial charge in [-0.25, -0.2) is 0 Å². The third-order valence-electron chi connectivity index (χ3n) is 3.51. The van der Waals surface area contributed by atoms with Gasteiger partial charge in [-0.1, -0.05) is 30.3 Å². The summed E-state index contributed by atoms with van der Waals surface area (Å²) >= 11 is 0. The first-order valence-electron chi connectivity index (χ1n) is 7.22. The lowest BCUT2D eigenvalue weighted by Gasteiger charge is -2.18. The summed E-state index contributed by atoms with van der Waals surface area (Å²) in [6, 6.07) is 13.5. The molecule has 0 amide bonds. The van der Waals surface area contributed by atoms with Gasteiger partial charge in [0.25, 0.3) is 5.69 Å². The Balaban J connectivity index is 2.23. The van der Waals surface area contributed by atoms with Gasteiger partial charge in [0.1, 0.15) is 5.69 Å². The molecule has 0 aromatic heterocycles. The summed E-state index contributed by atoms with van der Waals surface area (Å²) in [5.41, 5.74) is 1.41. The van der Waals surface area contributed by atoms with E-state index in [2.05, 4.69) is 5.32 Å². The van der Waals surface area contributed by atoms with Gasteiger partial charge in [0, 0.05) is 11.6 Å². The molecular weight excluding hydrogens is 296 g/mol. The quantitative estimate of drug-likeness (QED) is 0.466. The van der Waals surface area contributed by atoms with Crippen LogP contribution in [0, 0.1) is 10.1 Å². The SMILES string of the molecule is CC(=O)c1ccc(NC(CO)Cc2ccccc2)c([N+](=O)[O-])c1. The minimum Gasteiger partial charge on any atom is -0.394 e. The Morgan fingerprint density at radius 2 is 1.96 bits per heavy atom. The molecule has 120 valence electrons. The van der Waals surface area contributed by atoms with Gasteiger partial charge in [-0.15, -0.1) is 0 Å². The third-order valence-corrected chi connectivity index (χ3v) is 3.51. The van der Waals surface area contributed by atoms with E-state index in [9.17, 15) is 20.0 Å². The van der Waals surface area contributed by atoms with Crippen LogP contribution in [0.25, 0.3) is 0 Å². The predicted octanol–water partition coefficient (Wildman–Crippen LogP) is 2.81. The van der Waals surface area contributed by atoms with E-state index in [4.69, 9.17) is 0 Å². The zero-order chi connectivity index (χ0) is 16.8. The summed E-state index contributed by atoms with van der Waals surface area (Å²) in [5.74, 6) is -0.234. The van der Waals surface area contributed by atoms with Gasteiger partial charge in [-0.05, 0) is 31.0 Å². The van der Waals surface area contributed by atoms with Crippen LogP contribution in [-0.4, -0.2) is 28.5 Å². The van der Waals surface area contributed by atoms with Crippen LogP contribution in [0.1, 0.15) is 22.8 Å². The summed E-state index contributed by atoms with van der Waals surface area (Å²) in [7, 11) is 0. The maximum atomic E-state index is 11.4. The third kappa shape index (κ3) is 4.37. The predicted molar refractivity (Wildman–Crippen MR) is 87.7 cm³/mol. The van der Waals surface area contributed by atoms with Crippen LogP contribution in [0.3, 0.4) is 0 Å². The molecule has 2 rings (SSSR count). The molecule has 0 aliphatic carbocycles. The number of ketones is 1. The highest BCUT2D eigenvalue weighted by Crippen LogP contribution is 2.27. The van der Waals surface area contributed by atoms with Crippen LogP contribution in [0.5, 0.6) is 0 Å². The first kappa shape index (κ1) is 16.6. The molecule has 1 unspecified atom stereocenters. The normalized spacial score (nSPS) is 11.7. The highest BCUT2D eigenvalue weighted by Gasteiger charge is 2.19. The summed E-state index contributed by atoms with van der Waals surface area (Å²) in [6.45, 7) is 1.19. The van der Waals surface area contributed by atoms with Gasteiger partial charge in [-0.2, -0.15) is 0 Å². The van der Waals surface area contributed by atoms with Crippen molar-refractivity contribution >= 4 is 17.2 Å². The average molecular weight is 314 g/mol. The Morgan fingerprint density at radius 3 is 2.52 bits per heavy atom. The van der Waals surface area contributed by atoms with Crippen molar-refractivity contribution in [3.8, 4) is 0 Å². The molecule has 0 saturated heterocycles. The van der Waals surface area contributed by atoms with Gasteiger partial charge in [0.15, 0.2) is 5.78 Å². The molecule has 2 aromatic carbocycles. The molecule has 2 aromatic rings. The van der Waals surface area contributed by atoms with Gasteiger partial charge >= 0.3 is 0 Å². The van der Waals surface area contributed by atoms with E-state index in [0.717, 1.165) is 5.56 Å². The van der Waals surface area contributed by atoms with E-state index < -0.39 is 4.92 Å². The van der Waals surface area contributed by atoms with E-state index in [1.165, 1.54) is 25.1 Å². The summed E-state index contributed by atoms with van der Waals surface area (Å²) < 4.78 is 0. The average Bonchev–Trinajstić information content (AvgIpc) is 2.55. The molecule has 0 spiro atoms. The van der Waals surface area contributed by atoms with Gasteiger partial charge in [-0.3, -0.25) is 14.9 Å². The number of anilines is 1. The molecule has 23 heavy (non-hydrogen) atoms. The summed E-state index contributed by atoms with van der Waals surface area (Å²) in [5, 5.41) is 23.7. The highest BCUT2D eigenvalue weighted by molar-refractivity contribution is 5.95. The fraction of sp³-hybridized carbons (Fsp3) is 0.235. The molecule has 0 heterocycles. The Bertz CT molecular complexity index is 701. The molecule has 0 aliphatic heterocycles. The largest absolute Gasteiger partial charge is 0.394 e. The van der Waals surface area contributed by atoms with Crippen LogP contribution < -0.4 is 5.32 Å². The molecule has 0 radical (unpaired) electrons. The first-order chi connectivity index (χ1) is 11.0. The number of carbonyl (C=O) groups is 1. The number of benzene rings is 2. The maximum Gasteiger partial charge on any atom is 0.293 e. The van der Waals surface area contributed by atoms with Crippen LogP contribution in [0.15, 0.2) is 48.5 Å². The molecule has 0 bridgehead atoms. The van der Waals surface area contributed by atoms with Crippen molar-refractivity contribution < 1.29 is 14.8 Å². The lowest BCUT2D eigenvalue weighted by Crippen LogP contribution is -2.26. The molecule has 2 N–H and O–H groups in total. The van der Waals surface area contributed by atoms with Crippen molar-refractivity contribution in [2.45, 2.75) is 19.4 Å². The number of nitro groups is 1. The number of nitrogens with one attached hydrogen (secondary N) is 1. The zero-order valence-corrected chi connectivity index (χ0v) is 12.7. The van der Waals surface area contributed by atoms with Crippen molar-refractivity contribution in [3.63, 3.8) is 0 Å². The summed E-state index contributed by atoms with van der Waals surface area (Å²) in [4.78, 5) is 22.0. The Kier molecular flexibility index (Phi) is 5.43. The second kappa shape index (κ2) is 7.51. The number of hydrogen-bond acceptors (Lipinski definition) is 5. The minimum atomic E-state index is -0.536.